The highest BCUT2D eigenvalue weighted by Gasteiger charge is 2.17. The number of anilines is 1. The van der Waals surface area contributed by atoms with Crippen LogP contribution in [0.15, 0.2) is 85.5 Å². The molecule has 1 aliphatic heterocycles. The number of rotatable bonds is 13. The van der Waals surface area contributed by atoms with E-state index in [4.69, 9.17) is 4.74 Å². The second-order valence-corrected chi connectivity index (χ2v) is 8.26. The molecule has 164 valence electrons. The van der Waals surface area contributed by atoms with Gasteiger partial charge in [0.25, 0.3) is 0 Å². The fraction of sp³-hybridized carbons (Fsp3) is 0.379. The molecule has 3 rings (SSSR count). The van der Waals surface area contributed by atoms with Crippen molar-refractivity contribution in [3.63, 3.8) is 0 Å². The van der Waals surface area contributed by atoms with Crippen molar-refractivity contribution in [2.45, 2.75) is 64.3 Å². The molecule has 1 aliphatic rings. The van der Waals surface area contributed by atoms with Gasteiger partial charge in [0.2, 0.25) is 0 Å². The predicted molar refractivity (Wildman–Crippen MR) is 134 cm³/mol. The molecule has 0 N–H and O–H groups in total. The fourth-order valence-electron chi connectivity index (χ4n) is 3.96. The number of allylic oxidation sites excluding steroid dienone is 5. The summed E-state index contributed by atoms with van der Waals surface area (Å²) in [5.74, 6) is 1.04. The Morgan fingerprint density at radius 2 is 1.61 bits per heavy atom. The number of aryl methyl sites for hydroxylation is 1. The second kappa shape index (κ2) is 13.5. The molecule has 0 unspecified atom stereocenters. The average Bonchev–Trinajstić information content (AvgIpc) is 2.82. The minimum absolute atomic E-state index is 0.623. The Hall–Kier alpha value is -2.74. The number of unbranched alkanes of at least 4 members (excludes halogenated alkanes) is 5. The number of hydrogen-bond donors (Lipinski definition) is 0. The SMILES string of the molecule is C=CC/C=C\C/C=C\CCCCCCCc1ccc2c(c1)CN(c1ccccc1)CO2. The Bertz CT molecular complexity index is 837. The van der Waals surface area contributed by atoms with Gasteiger partial charge in [-0.05, 0) is 62.3 Å². The quantitative estimate of drug-likeness (QED) is 0.243. The third-order valence-electron chi connectivity index (χ3n) is 5.73. The van der Waals surface area contributed by atoms with Crippen LogP contribution in [0.1, 0.15) is 62.5 Å². The van der Waals surface area contributed by atoms with Crippen molar-refractivity contribution in [2.75, 3.05) is 11.6 Å². The van der Waals surface area contributed by atoms with Gasteiger partial charge >= 0.3 is 0 Å². The van der Waals surface area contributed by atoms with E-state index in [2.05, 4.69) is 84.3 Å². The Kier molecular flexibility index (Phi) is 10.0. The van der Waals surface area contributed by atoms with E-state index in [1.807, 2.05) is 6.08 Å². The molecule has 0 saturated carbocycles. The molecule has 0 spiro atoms. The number of benzene rings is 2. The molecule has 31 heavy (non-hydrogen) atoms. The molecular weight excluding hydrogens is 378 g/mol. The van der Waals surface area contributed by atoms with Crippen LogP contribution in [-0.2, 0) is 13.0 Å². The highest BCUT2D eigenvalue weighted by molar-refractivity contribution is 5.50. The van der Waals surface area contributed by atoms with Crippen LogP contribution in [0, 0.1) is 0 Å². The molecule has 0 bridgehead atoms. The summed E-state index contributed by atoms with van der Waals surface area (Å²) in [4.78, 5) is 2.29. The van der Waals surface area contributed by atoms with Gasteiger partial charge in [0.05, 0.1) is 0 Å². The van der Waals surface area contributed by atoms with Crippen LogP contribution in [0.5, 0.6) is 5.75 Å². The number of nitrogens with zero attached hydrogens (tertiary/aromatic N) is 1. The summed E-state index contributed by atoms with van der Waals surface area (Å²) in [6.07, 6.45) is 21.9. The highest BCUT2D eigenvalue weighted by atomic mass is 16.5. The van der Waals surface area contributed by atoms with E-state index in [0.717, 1.165) is 31.6 Å². The van der Waals surface area contributed by atoms with Crippen molar-refractivity contribution in [3.8, 4) is 5.75 Å². The zero-order chi connectivity index (χ0) is 21.6. The van der Waals surface area contributed by atoms with Crippen LogP contribution < -0.4 is 9.64 Å². The lowest BCUT2D eigenvalue weighted by molar-refractivity contribution is 0.289. The zero-order valence-corrected chi connectivity index (χ0v) is 18.8. The van der Waals surface area contributed by atoms with Gasteiger partial charge in [0.1, 0.15) is 5.75 Å². The van der Waals surface area contributed by atoms with Crippen LogP contribution in [0.25, 0.3) is 0 Å². The van der Waals surface area contributed by atoms with Gasteiger partial charge in [-0.2, -0.15) is 0 Å². The van der Waals surface area contributed by atoms with Crippen molar-refractivity contribution in [2.24, 2.45) is 0 Å². The van der Waals surface area contributed by atoms with E-state index in [-0.39, 0.29) is 0 Å². The molecule has 2 nitrogen and oxygen atoms in total. The minimum atomic E-state index is 0.623. The topological polar surface area (TPSA) is 12.5 Å². The van der Waals surface area contributed by atoms with Crippen LogP contribution in [0.4, 0.5) is 5.69 Å². The van der Waals surface area contributed by atoms with Crippen LogP contribution in [-0.4, -0.2) is 6.73 Å². The summed E-state index contributed by atoms with van der Waals surface area (Å²) < 4.78 is 5.98. The summed E-state index contributed by atoms with van der Waals surface area (Å²) in [5.41, 5.74) is 3.96. The Balaban J connectivity index is 1.30. The van der Waals surface area contributed by atoms with E-state index >= 15 is 0 Å². The van der Waals surface area contributed by atoms with Crippen molar-refractivity contribution in [1.82, 2.24) is 0 Å². The molecule has 0 aromatic heterocycles. The maximum atomic E-state index is 5.98. The Morgan fingerprint density at radius 3 is 2.48 bits per heavy atom. The number of para-hydroxylation sites is 1. The maximum Gasteiger partial charge on any atom is 0.161 e. The standard InChI is InChI=1S/C29H37NO/c1-2-3-4-5-6-7-8-9-10-11-12-13-15-18-26-21-22-29-27(23-26)24-30(25-31-29)28-19-16-14-17-20-28/h2,4-5,7-8,14,16-17,19-23H,1,3,6,9-13,15,18,24-25H2/b5-4-,8-7-. The lowest BCUT2D eigenvalue weighted by atomic mass is 10.0. The van der Waals surface area contributed by atoms with Gasteiger partial charge in [0, 0.05) is 17.8 Å². The zero-order valence-electron chi connectivity index (χ0n) is 18.8. The van der Waals surface area contributed by atoms with Crippen molar-refractivity contribution < 1.29 is 4.74 Å². The largest absolute Gasteiger partial charge is 0.473 e. The van der Waals surface area contributed by atoms with E-state index in [0.29, 0.717) is 6.73 Å². The van der Waals surface area contributed by atoms with E-state index in [1.165, 1.54) is 55.3 Å². The summed E-state index contributed by atoms with van der Waals surface area (Å²) in [5, 5.41) is 0. The number of fused-ring (bicyclic) bond motifs is 1. The van der Waals surface area contributed by atoms with Crippen LogP contribution >= 0.6 is 0 Å². The molecule has 2 heteroatoms. The lowest BCUT2D eigenvalue weighted by Crippen LogP contribution is -2.31. The van der Waals surface area contributed by atoms with Crippen molar-refractivity contribution in [3.05, 3.63) is 96.6 Å². The van der Waals surface area contributed by atoms with Crippen LogP contribution in [0.3, 0.4) is 0 Å². The number of ether oxygens (including phenoxy) is 1. The van der Waals surface area contributed by atoms with E-state index in [9.17, 15) is 0 Å². The van der Waals surface area contributed by atoms with Gasteiger partial charge in [0.15, 0.2) is 6.73 Å². The first-order valence-corrected chi connectivity index (χ1v) is 11.8. The van der Waals surface area contributed by atoms with Gasteiger partial charge in [-0.15, -0.1) is 6.58 Å². The molecule has 0 aliphatic carbocycles. The van der Waals surface area contributed by atoms with Gasteiger partial charge < -0.3 is 9.64 Å². The maximum absolute atomic E-state index is 5.98. The van der Waals surface area contributed by atoms with Crippen LogP contribution in [0.2, 0.25) is 0 Å². The molecule has 0 radical (unpaired) electrons. The molecule has 2 aromatic carbocycles. The summed E-state index contributed by atoms with van der Waals surface area (Å²) in [7, 11) is 0. The molecule has 0 atom stereocenters. The fourth-order valence-corrected chi connectivity index (χ4v) is 3.96. The molecule has 0 saturated heterocycles. The highest BCUT2D eigenvalue weighted by Crippen LogP contribution is 2.29. The summed E-state index contributed by atoms with van der Waals surface area (Å²) in [6, 6.07) is 17.3. The lowest BCUT2D eigenvalue weighted by Gasteiger charge is -2.31. The summed E-state index contributed by atoms with van der Waals surface area (Å²) >= 11 is 0. The monoisotopic (exact) mass is 415 g/mol. The van der Waals surface area contributed by atoms with Gasteiger partial charge in [-0.1, -0.05) is 80.0 Å². The molecule has 1 heterocycles. The second-order valence-electron chi connectivity index (χ2n) is 8.26. The molecular formula is C29H37NO. The van der Waals surface area contributed by atoms with Gasteiger partial charge in [-0.3, -0.25) is 0 Å². The van der Waals surface area contributed by atoms with Crippen molar-refractivity contribution >= 4 is 5.69 Å². The number of hydrogen-bond acceptors (Lipinski definition) is 2. The third-order valence-corrected chi connectivity index (χ3v) is 5.73. The molecule has 0 fully saturated rings. The molecule has 0 amide bonds. The van der Waals surface area contributed by atoms with Gasteiger partial charge in [-0.25, -0.2) is 0 Å². The first kappa shape index (κ1) is 22.9. The first-order chi connectivity index (χ1) is 15.4. The first-order valence-electron chi connectivity index (χ1n) is 11.8. The normalized spacial score (nSPS) is 13.5. The minimum Gasteiger partial charge on any atom is -0.473 e. The smallest absolute Gasteiger partial charge is 0.161 e. The summed E-state index contributed by atoms with van der Waals surface area (Å²) in [6.45, 7) is 5.26. The Morgan fingerprint density at radius 1 is 0.839 bits per heavy atom. The molecule has 2 aromatic rings. The third kappa shape index (κ3) is 8.13. The van der Waals surface area contributed by atoms with E-state index in [1.54, 1.807) is 0 Å². The predicted octanol–water partition coefficient (Wildman–Crippen LogP) is 8.00. The van der Waals surface area contributed by atoms with E-state index < -0.39 is 0 Å². The Labute approximate surface area is 188 Å². The average molecular weight is 416 g/mol. The van der Waals surface area contributed by atoms with Crippen molar-refractivity contribution in [1.29, 1.82) is 0 Å².